The summed E-state index contributed by atoms with van der Waals surface area (Å²) < 4.78 is 54.0. The van der Waals surface area contributed by atoms with Gasteiger partial charge in [-0.2, -0.15) is 13.2 Å². The SMILES string of the molecule is O=C(Nc1ccccc1C(F)(F)F)N1CCc2c(sc3c2CCCC3)C1c1ccc(F)cc1. The van der Waals surface area contributed by atoms with E-state index in [0.717, 1.165) is 42.2 Å². The van der Waals surface area contributed by atoms with Gasteiger partial charge in [-0.3, -0.25) is 0 Å². The number of hydrogen-bond acceptors (Lipinski definition) is 2. The largest absolute Gasteiger partial charge is 0.418 e. The molecule has 0 radical (unpaired) electrons. The highest BCUT2D eigenvalue weighted by Crippen LogP contribution is 2.45. The van der Waals surface area contributed by atoms with Gasteiger partial charge in [0, 0.05) is 16.3 Å². The Balaban J connectivity index is 1.53. The molecule has 8 heteroatoms. The van der Waals surface area contributed by atoms with Gasteiger partial charge in [0.15, 0.2) is 0 Å². The number of alkyl halides is 3. The molecule has 3 aromatic rings. The number of aryl methyl sites for hydroxylation is 1. The molecule has 1 aliphatic carbocycles. The topological polar surface area (TPSA) is 32.3 Å². The molecule has 172 valence electrons. The predicted octanol–water partition coefficient (Wildman–Crippen LogP) is 6.96. The van der Waals surface area contributed by atoms with E-state index < -0.39 is 23.8 Å². The number of amides is 2. The number of para-hydroxylation sites is 1. The Kier molecular flexibility index (Phi) is 5.64. The van der Waals surface area contributed by atoms with E-state index in [0.29, 0.717) is 13.0 Å². The first-order valence-corrected chi connectivity index (χ1v) is 11.8. The number of hydrogen-bond donors (Lipinski definition) is 1. The summed E-state index contributed by atoms with van der Waals surface area (Å²) in [6, 6.07) is 9.91. The fourth-order valence-corrected chi connectivity index (χ4v) is 6.46. The molecule has 0 fully saturated rings. The highest BCUT2D eigenvalue weighted by atomic mass is 32.1. The molecular formula is C25H22F4N2OS. The quantitative estimate of drug-likeness (QED) is 0.400. The third-order valence-corrected chi connectivity index (χ3v) is 7.78. The first-order valence-electron chi connectivity index (χ1n) is 11.0. The van der Waals surface area contributed by atoms with Crippen molar-refractivity contribution in [3.05, 3.63) is 86.4 Å². The molecule has 0 saturated heterocycles. The monoisotopic (exact) mass is 474 g/mol. The van der Waals surface area contributed by atoms with Gasteiger partial charge in [0.2, 0.25) is 0 Å². The minimum absolute atomic E-state index is 0.274. The van der Waals surface area contributed by atoms with Gasteiger partial charge in [0.25, 0.3) is 0 Å². The Morgan fingerprint density at radius 2 is 1.70 bits per heavy atom. The fraction of sp³-hybridized carbons (Fsp3) is 0.320. The van der Waals surface area contributed by atoms with E-state index in [2.05, 4.69) is 5.32 Å². The number of urea groups is 1. The van der Waals surface area contributed by atoms with Crippen molar-refractivity contribution >= 4 is 23.1 Å². The Bertz CT molecular complexity index is 1190. The second kappa shape index (κ2) is 8.48. The average molecular weight is 475 g/mol. The van der Waals surface area contributed by atoms with Crippen molar-refractivity contribution in [1.82, 2.24) is 4.90 Å². The van der Waals surface area contributed by atoms with Crippen LogP contribution in [-0.4, -0.2) is 17.5 Å². The molecule has 33 heavy (non-hydrogen) atoms. The first-order chi connectivity index (χ1) is 15.8. The predicted molar refractivity (Wildman–Crippen MR) is 120 cm³/mol. The Hall–Kier alpha value is -2.87. The smallest absolute Gasteiger partial charge is 0.312 e. The molecule has 1 unspecified atom stereocenters. The zero-order valence-corrected chi connectivity index (χ0v) is 18.5. The van der Waals surface area contributed by atoms with Crippen LogP contribution in [0.4, 0.5) is 28.0 Å². The molecule has 3 nitrogen and oxygen atoms in total. The van der Waals surface area contributed by atoms with Gasteiger partial charge in [-0.25, -0.2) is 9.18 Å². The van der Waals surface area contributed by atoms with Gasteiger partial charge >= 0.3 is 12.2 Å². The molecule has 1 atom stereocenters. The van der Waals surface area contributed by atoms with E-state index in [4.69, 9.17) is 0 Å². The van der Waals surface area contributed by atoms with Crippen LogP contribution >= 0.6 is 11.3 Å². The number of nitrogens with one attached hydrogen (secondary N) is 1. The molecule has 5 rings (SSSR count). The van der Waals surface area contributed by atoms with Crippen molar-refractivity contribution in [2.24, 2.45) is 0 Å². The number of carbonyl (C=O) groups is 1. The maximum absolute atomic E-state index is 13.6. The highest BCUT2D eigenvalue weighted by Gasteiger charge is 2.38. The Morgan fingerprint density at radius 3 is 2.45 bits per heavy atom. The van der Waals surface area contributed by atoms with Crippen LogP contribution in [0.5, 0.6) is 0 Å². The van der Waals surface area contributed by atoms with Crippen molar-refractivity contribution < 1.29 is 22.4 Å². The molecule has 2 heterocycles. The molecule has 0 spiro atoms. The van der Waals surface area contributed by atoms with Crippen LogP contribution in [0.15, 0.2) is 48.5 Å². The van der Waals surface area contributed by atoms with E-state index in [1.807, 2.05) is 0 Å². The van der Waals surface area contributed by atoms with Gasteiger partial charge in [-0.15, -0.1) is 11.3 Å². The average Bonchev–Trinajstić information content (AvgIpc) is 3.17. The molecule has 0 saturated carbocycles. The summed E-state index contributed by atoms with van der Waals surface area (Å²) >= 11 is 1.68. The van der Waals surface area contributed by atoms with Crippen LogP contribution in [0.25, 0.3) is 0 Å². The summed E-state index contributed by atoms with van der Waals surface area (Å²) in [4.78, 5) is 17.3. The van der Waals surface area contributed by atoms with E-state index in [1.54, 1.807) is 28.4 Å². The van der Waals surface area contributed by atoms with Gasteiger partial charge < -0.3 is 10.2 Å². The van der Waals surface area contributed by atoms with E-state index >= 15 is 0 Å². The molecule has 2 aliphatic rings. The van der Waals surface area contributed by atoms with Gasteiger partial charge in [-0.05, 0) is 73.1 Å². The molecule has 2 amide bonds. The van der Waals surface area contributed by atoms with Crippen LogP contribution in [0, 0.1) is 5.82 Å². The van der Waals surface area contributed by atoms with Crippen LogP contribution in [0.1, 0.15) is 50.9 Å². The van der Waals surface area contributed by atoms with Crippen LogP contribution < -0.4 is 5.32 Å². The van der Waals surface area contributed by atoms with Crippen LogP contribution in [0.3, 0.4) is 0 Å². The van der Waals surface area contributed by atoms with Crippen molar-refractivity contribution in [3.8, 4) is 0 Å². The summed E-state index contributed by atoms with van der Waals surface area (Å²) in [5.74, 6) is -0.379. The minimum Gasteiger partial charge on any atom is -0.312 e. The summed E-state index contributed by atoms with van der Waals surface area (Å²) in [6.45, 7) is 0.373. The molecular weight excluding hydrogens is 452 g/mol. The zero-order chi connectivity index (χ0) is 23.2. The van der Waals surface area contributed by atoms with Crippen molar-refractivity contribution in [3.63, 3.8) is 0 Å². The number of thiophene rings is 1. The second-order valence-electron chi connectivity index (χ2n) is 8.42. The van der Waals surface area contributed by atoms with Crippen LogP contribution in [-0.2, 0) is 25.4 Å². The number of fused-ring (bicyclic) bond motifs is 3. The van der Waals surface area contributed by atoms with Crippen molar-refractivity contribution in [1.29, 1.82) is 0 Å². The Morgan fingerprint density at radius 1 is 0.970 bits per heavy atom. The van der Waals surface area contributed by atoms with Gasteiger partial charge in [0.1, 0.15) is 5.82 Å². The standard InChI is InChI=1S/C25H22F4N2OS/c26-16-11-9-15(10-12-16)22-23-18(17-5-1-4-8-21(17)33-23)13-14-31(22)24(32)30-20-7-3-2-6-19(20)25(27,28)29/h2-3,6-7,9-12,22H,1,4-5,8,13-14H2,(H,30,32). The second-order valence-corrected chi connectivity index (χ2v) is 9.56. The highest BCUT2D eigenvalue weighted by molar-refractivity contribution is 7.12. The van der Waals surface area contributed by atoms with E-state index in [9.17, 15) is 22.4 Å². The fourth-order valence-electron chi connectivity index (χ4n) is 4.87. The molecule has 1 N–H and O–H groups in total. The summed E-state index contributed by atoms with van der Waals surface area (Å²) in [7, 11) is 0. The van der Waals surface area contributed by atoms with Crippen molar-refractivity contribution in [2.75, 3.05) is 11.9 Å². The number of rotatable bonds is 2. The number of nitrogens with zero attached hydrogens (tertiary/aromatic N) is 1. The maximum atomic E-state index is 13.6. The lowest BCUT2D eigenvalue weighted by Gasteiger charge is -2.36. The normalized spacial score (nSPS) is 17.9. The third-order valence-electron chi connectivity index (χ3n) is 6.40. The lowest BCUT2D eigenvalue weighted by Crippen LogP contribution is -2.42. The van der Waals surface area contributed by atoms with Gasteiger partial charge in [0.05, 0.1) is 17.3 Å². The van der Waals surface area contributed by atoms with E-state index in [1.165, 1.54) is 46.3 Å². The summed E-state index contributed by atoms with van der Waals surface area (Å²) in [5, 5.41) is 2.49. The number of halogens is 4. The summed E-state index contributed by atoms with van der Waals surface area (Å²) in [5.41, 5.74) is 2.21. The Labute approximate surface area is 193 Å². The van der Waals surface area contributed by atoms with E-state index in [-0.39, 0.29) is 11.5 Å². The molecule has 2 aromatic carbocycles. The maximum Gasteiger partial charge on any atom is 0.418 e. The molecule has 1 aromatic heterocycles. The van der Waals surface area contributed by atoms with Gasteiger partial charge in [-0.1, -0.05) is 24.3 Å². The van der Waals surface area contributed by atoms with Crippen molar-refractivity contribution in [2.45, 2.75) is 44.3 Å². The lowest BCUT2D eigenvalue weighted by atomic mass is 9.88. The lowest BCUT2D eigenvalue weighted by molar-refractivity contribution is -0.136. The number of benzene rings is 2. The van der Waals surface area contributed by atoms with Crippen LogP contribution in [0.2, 0.25) is 0 Å². The zero-order valence-electron chi connectivity index (χ0n) is 17.7. The third kappa shape index (κ3) is 4.12. The molecule has 0 bridgehead atoms. The molecule has 1 aliphatic heterocycles. The number of carbonyl (C=O) groups excluding carboxylic acids is 1. The first kappa shape index (κ1) is 21.9. The minimum atomic E-state index is -4.58. The summed E-state index contributed by atoms with van der Waals surface area (Å²) in [6.07, 6.45) is 0.369. The number of anilines is 1.